The van der Waals surface area contributed by atoms with Gasteiger partial charge in [-0.2, -0.15) is 0 Å². The van der Waals surface area contributed by atoms with Crippen molar-refractivity contribution in [2.75, 3.05) is 5.73 Å². The minimum absolute atomic E-state index is 0.470. The van der Waals surface area contributed by atoms with E-state index in [0.717, 1.165) is 0 Å². The van der Waals surface area contributed by atoms with E-state index in [1.54, 1.807) is 0 Å². The summed E-state index contributed by atoms with van der Waals surface area (Å²) in [7, 11) is 0.553. The third kappa shape index (κ3) is 2.45. The van der Waals surface area contributed by atoms with Crippen molar-refractivity contribution >= 4 is 25.6 Å². The molecule has 0 aliphatic carbocycles. The number of hydrogen-bond acceptors (Lipinski definition) is 5. The van der Waals surface area contributed by atoms with Crippen molar-refractivity contribution in [3.63, 3.8) is 0 Å². The molecule has 15 heavy (non-hydrogen) atoms. The van der Waals surface area contributed by atoms with Gasteiger partial charge in [-0.3, -0.25) is 0 Å². The number of aromatic hydroxyl groups is 1. The maximum Gasteiger partial charge on any atom is 0.284 e. The van der Waals surface area contributed by atoms with E-state index in [0.29, 0.717) is 6.07 Å². The van der Waals surface area contributed by atoms with Crippen LogP contribution in [0.25, 0.3) is 0 Å². The number of nitrogen functional groups attached to an aromatic ring is 1. The fraction of sp³-hybridized carbons (Fsp3) is 0.167. The number of rotatable bonds is 2. The summed E-state index contributed by atoms with van der Waals surface area (Å²) in [5, 5.41) is 9.16. The molecule has 0 amide bonds. The van der Waals surface area contributed by atoms with Crippen LogP contribution in [0.5, 0.6) is 5.75 Å². The number of aromatic nitrogens is 1. The number of nitrogens with two attached hydrogens (primary N) is 1. The van der Waals surface area contributed by atoms with E-state index in [4.69, 9.17) is 21.5 Å². The fourth-order valence-corrected chi connectivity index (χ4v) is 1.84. The zero-order chi connectivity index (χ0) is 11.8. The van der Waals surface area contributed by atoms with Crippen LogP contribution in [0.2, 0.25) is 0 Å². The summed E-state index contributed by atoms with van der Waals surface area (Å²) < 4.78 is 46.2. The van der Waals surface area contributed by atoms with Gasteiger partial charge < -0.3 is 10.8 Å². The Morgan fingerprint density at radius 1 is 1.53 bits per heavy atom. The first kappa shape index (κ1) is 11.9. The number of halogens is 3. The van der Waals surface area contributed by atoms with E-state index in [1.165, 1.54) is 0 Å². The standard InChI is InChI=1S/C6H5ClF2N2O3S/c7-15(13,14)2-1-3(10)11-4(5(2)12)6(8)9/h1,6,12H,(H2,10,11). The summed E-state index contributed by atoms with van der Waals surface area (Å²) in [4.78, 5) is 2.22. The number of hydrogen-bond donors (Lipinski definition) is 2. The molecule has 0 aliphatic rings. The Balaban J connectivity index is 3.56. The third-order valence-electron chi connectivity index (χ3n) is 1.47. The van der Waals surface area contributed by atoms with Gasteiger partial charge in [-0.15, -0.1) is 0 Å². The van der Waals surface area contributed by atoms with Crippen LogP contribution in [-0.4, -0.2) is 18.5 Å². The van der Waals surface area contributed by atoms with Gasteiger partial charge in [0, 0.05) is 16.7 Å². The van der Waals surface area contributed by atoms with Crippen molar-refractivity contribution in [1.29, 1.82) is 0 Å². The smallest absolute Gasteiger partial charge is 0.284 e. The third-order valence-corrected chi connectivity index (χ3v) is 2.81. The second-order valence-electron chi connectivity index (χ2n) is 2.52. The van der Waals surface area contributed by atoms with Crippen LogP contribution < -0.4 is 5.73 Å². The van der Waals surface area contributed by atoms with E-state index in [2.05, 4.69) is 4.98 Å². The van der Waals surface area contributed by atoms with Crippen molar-refractivity contribution in [1.82, 2.24) is 4.98 Å². The summed E-state index contributed by atoms with van der Waals surface area (Å²) in [6.07, 6.45) is -3.15. The predicted molar refractivity (Wildman–Crippen MR) is 48.3 cm³/mol. The van der Waals surface area contributed by atoms with Crippen molar-refractivity contribution in [2.45, 2.75) is 11.3 Å². The Morgan fingerprint density at radius 2 is 2.07 bits per heavy atom. The largest absolute Gasteiger partial charge is 0.505 e. The van der Waals surface area contributed by atoms with E-state index in [9.17, 15) is 17.2 Å². The molecule has 0 aliphatic heterocycles. The summed E-state index contributed by atoms with van der Waals surface area (Å²) in [6.45, 7) is 0. The molecular formula is C6H5ClF2N2O3S. The Hall–Kier alpha value is -1.15. The van der Waals surface area contributed by atoms with Gasteiger partial charge in [0.2, 0.25) is 0 Å². The highest BCUT2D eigenvalue weighted by Gasteiger charge is 2.25. The van der Waals surface area contributed by atoms with Crippen LogP contribution in [0.1, 0.15) is 12.1 Å². The molecule has 84 valence electrons. The van der Waals surface area contributed by atoms with Gasteiger partial charge in [-0.05, 0) is 0 Å². The average Bonchev–Trinajstić information content (AvgIpc) is 2.06. The molecule has 0 spiro atoms. The average molecular weight is 259 g/mol. The molecule has 0 bridgehead atoms. The summed E-state index contributed by atoms with van der Waals surface area (Å²) >= 11 is 0. The number of anilines is 1. The highest BCUT2D eigenvalue weighted by atomic mass is 35.7. The minimum Gasteiger partial charge on any atom is -0.505 e. The van der Waals surface area contributed by atoms with Gasteiger partial charge in [0.1, 0.15) is 10.7 Å². The molecule has 1 aromatic rings. The first-order valence-corrected chi connectivity index (χ1v) is 5.76. The lowest BCUT2D eigenvalue weighted by molar-refractivity contribution is 0.141. The molecule has 1 aromatic heterocycles. The van der Waals surface area contributed by atoms with Crippen LogP contribution in [0.3, 0.4) is 0 Å². The lowest BCUT2D eigenvalue weighted by atomic mass is 10.3. The van der Waals surface area contributed by atoms with Crippen LogP contribution in [0.15, 0.2) is 11.0 Å². The van der Waals surface area contributed by atoms with Gasteiger partial charge in [-0.25, -0.2) is 22.2 Å². The van der Waals surface area contributed by atoms with E-state index < -0.39 is 37.6 Å². The Morgan fingerprint density at radius 3 is 2.47 bits per heavy atom. The number of nitrogens with zero attached hydrogens (tertiary/aromatic N) is 1. The maximum atomic E-state index is 12.3. The quantitative estimate of drug-likeness (QED) is 0.779. The second-order valence-corrected chi connectivity index (χ2v) is 5.05. The molecule has 0 saturated heterocycles. The van der Waals surface area contributed by atoms with E-state index in [1.807, 2.05) is 0 Å². The molecule has 3 N–H and O–H groups in total. The first-order valence-electron chi connectivity index (χ1n) is 3.45. The minimum atomic E-state index is -4.34. The van der Waals surface area contributed by atoms with Crippen LogP contribution in [-0.2, 0) is 9.05 Å². The van der Waals surface area contributed by atoms with Crippen molar-refractivity contribution in [3.8, 4) is 5.75 Å². The Labute approximate surface area is 87.9 Å². The van der Waals surface area contributed by atoms with E-state index >= 15 is 0 Å². The Bertz CT molecular complexity index is 491. The normalized spacial score (nSPS) is 12.0. The molecule has 1 heterocycles. The molecule has 1 rings (SSSR count). The Kier molecular flexibility index (Phi) is 3.00. The monoisotopic (exact) mass is 258 g/mol. The van der Waals surface area contributed by atoms with E-state index in [-0.39, 0.29) is 0 Å². The zero-order valence-electron chi connectivity index (χ0n) is 6.99. The van der Waals surface area contributed by atoms with Gasteiger partial charge >= 0.3 is 0 Å². The first-order chi connectivity index (χ1) is 6.73. The lowest BCUT2D eigenvalue weighted by Gasteiger charge is -2.07. The molecule has 0 unspecified atom stereocenters. The number of pyridine rings is 1. The molecule has 9 heteroatoms. The molecule has 0 saturated carbocycles. The molecule has 5 nitrogen and oxygen atoms in total. The lowest BCUT2D eigenvalue weighted by Crippen LogP contribution is -2.02. The highest BCUT2D eigenvalue weighted by Crippen LogP contribution is 2.34. The summed E-state index contributed by atoms with van der Waals surface area (Å²) in [5.41, 5.74) is 3.97. The van der Waals surface area contributed by atoms with Crippen LogP contribution in [0, 0.1) is 0 Å². The summed E-state index contributed by atoms with van der Waals surface area (Å²) in [6, 6.07) is 0.698. The topological polar surface area (TPSA) is 93.3 Å². The summed E-state index contributed by atoms with van der Waals surface area (Å²) in [5.74, 6) is -1.66. The SMILES string of the molecule is Nc1cc(S(=O)(=O)Cl)c(O)c(C(F)F)n1. The zero-order valence-corrected chi connectivity index (χ0v) is 8.56. The van der Waals surface area contributed by atoms with Gasteiger partial charge in [0.25, 0.3) is 15.5 Å². The van der Waals surface area contributed by atoms with Gasteiger partial charge in [-0.1, -0.05) is 0 Å². The fourth-order valence-electron chi connectivity index (χ4n) is 0.891. The van der Waals surface area contributed by atoms with Gasteiger partial charge in [0.05, 0.1) is 0 Å². The second kappa shape index (κ2) is 3.78. The molecule has 0 radical (unpaired) electrons. The maximum absolute atomic E-state index is 12.3. The van der Waals surface area contributed by atoms with Gasteiger partial charge in [0.15, 0.2) is 11.4 Å². The highest BCUT2D eigenvalue weighted by molar-refractivity contribution is 8.13. The van der Waals surface area contributed by atoms with Crippen LogP contribution in [0.4, 0.5) is 14.6 Å². The molecule has 0 aromatic carbocycles. The molecular weight excluding hydrogens is 254 g/mol. The molecule has 0 fully saturated rings. The van der Waals surface area contributed by atoms with Crippen molar-refractivity contribution < 1.29 is 22.3 Å². The predicted octanol–water partition coefficient (Wildman–Crippen LogP) is 1.23. The van der Waals surface area contributed by atoms with Crippen molar-refractivity contribution in [3.05, 3.63) is 11.8 Å². The molecule has 0 atom stereocenters. The van der Waals surface area contributed by atoms with Crippen molar-refractivity contribution in [2.24, 2.45) is 0 Å². The van der Waals surface area contributed by atoms with Crippen LogP contribution >= 0.6 is 10.7 Å². The number of alkyl halides is 2.